The van der Waals surface area contributed by atoms with Gasteiger partial charge in [-0.2, -0.15) is 0 Å². The van der Waals surface area contributed by atoms with Gasteiger partial charge in [0.2, 0.25) is 0 Å². The zero-order valence-electron chi connectivity index (χ0n) is 15.9. The number of aliphatic imine (C=N–C) groups is 1. The molecule has 0 bridgehead atoms. The molecule has 0 aliphatic carbocycles. The second-order valence-corrected chi connectivity index (χ2v) is 6.03. The molecule has 148 valence electrons. The van der Waals surface area contributed by atoms with Crippen molar-refractivity contribution in [2.45, 2.75) is 25.7 Å². The second-order valence-electron chi connectivity index (χ2n) is 6.03. The van der Waals surface area contributed by atoms with Gasteiger partial charge < -0.3 is 24.8 Å². The first kappa shape index (κ1) is 23.0. The zero-order valence-corrected chi connectivity index (χ0v) is 18.2. The molecule has 2 rings (SSSR count). The lowest BCUT2D eigenvalue weighted by molar-refractivity contribution is 0.0689. The van der Waals surface area contributed by atoms with Gasteiger partial charge in [-0.15, -0.1) is 24.0 Å². The Bertz CT molecular complexity index is 541. The van der Waals surface area contributed by atoms with E-state index >= 15 is 0 Å². The minimum absolute atomic E-state index is 0. The van der Waals surface area contributed by atoms with Gasteiger partial charge in [0.1, 0.15) is 5.75 Å². The van der Waals surface area contributed by atoms with E-state index in [4.69, 9.17) is 14.2 Å². The van der Waals surface area contributed by atoms with Gasteiger partial charge in [0.15, 0.2) is 5.96 Å². The summed E-state index contributed by atoms with van der Waals surface area (Å²) in [4.78, 5) is 4.26. The van der Waals surface area contributed by atoms with Gasteiger partial charge in [-0.05, 0) is 36.5 Å². The summed E-state index contributed by atoms with van der Waals surface area (Å²) in [7, 11) is 3.49. The number of benzene rings is 1. The van der Waals surface area contributed by atoms with Crippen LogP contribution in [0, 0.1) is 0 Å². The zero-order chi connectivity index (χ0) is 17.7. The smallest absolute Gasteiger partial charge is 0.190 e. The van der Waals surface area contributed by atoms with Crippen molar-refractivity contribution < 1.29 is 14.2 Å². The van der Waals surface area contributed by atoms with E-state index in [2.05, 4.69) is 33.8 Å². The van der Waals surface area contributed by atoms with Gasteiger partial charge >= 0.3 is 0 Å². The molecule has 0 unspecified atom stereocenters. The van der Waals surface area contributed by atoms with Crippen molar-refractivity contribution in [1.82, 2.24) is 10.6 Å². The molecule has 0 aromatic heterocycles. The van der Waals surface area contributed by atoms with Crippen LogP contribution in [0.1, 0.15) is 24.0 Å². The van der Waals surface area contributed by atoms with Gasteiger partial charge in [0.25, 0.3) is 0 Å². The van der Waals surface area contributed by atoms with Crippen molar-refractivity contribution in [2.24, 2.45) is 4.99 Å². The Kier molecular flexibility index (Phi) is 12.4. The van der Waals surface area contributed by atoms with Crippen molar-refractivity contribution in [3.63, 3.8) is 0 Å². The van der Waals surface area contributed by atoms with E-state index in [0.29, 0.717) is 13.2 Å². The lowest BCUT2D eigenvalue weighted by atomic mass is 10.1. The van der Waals surface area contributed by atoms with Crippen LogP contribution in [-0.4, -0.2) is 59.6 Å². The summed E-state index contributed by atoms with van der Waals surface area (Å²) in [6.07, 6.45) is 4.08. The Morgan fingerprint density at radius 3 is 2.81 bits per heavy atom. The molecule has 1 heterocycles. The Hall–Kier alpha value is -1.06. The minimum atomic E-state index is 0. The quantitative estimate of drug-likeness (QED) is 0.222. The number of hydrogen-bond acceptors (Lipinski definition) is 4. The average Bonchev–Trinajstić information content (AvgIpc) is 3.10. The first-order chi connectivity index (χ1) is 12.3. The minimum Gasteiger partial charge on any atom is -0.493 e. The van der Waals surface area contributed by atoms with Crippen molar-refractivity contribution in [3.05, 3.63) is 29.3 Å². The number of halogens is 1. The molecule has 0 amide bonds. The summed E-state index contributed by atoms with van der Waals surface area (Å²) >= 11 is 0. The summed E-state index contributed by atoms with van der Waals surface area (Å²) < 4.78 is 15.9. The maximum Gasteiger partial charge on any atom is 0.190 e. The van der Waals surface area contributed by atoms with Crippen LogP contribution in [0.4, 0.5) is 0 Å². The SMILES string of the molecule is CN=C(NCCCCOCCOC)NCCc1ccc2c(c1)CCO2.I. The Balaban J connectivity index is 0.00000338. The molecular formula is C19H32IN3O3. The normalized spacial score (nSPS) is 12.9. The third kappa shape index (κ3) is 8.55. The fourth-order valence-corrected chi connectivity index (χ4v) is 2.72. The summed E-state index contributed by atoms with van der Waals surface area (Å²) in [6, 6.07) is 6.48. The molecule has 0 radical (unpaired) electrons. The number of nitrogens with zero attached hydrogens (tertiary/aromatic N) is 1. The maximum atomic E-state index is 5.55. The third-order valence-corrected chi connectivity index (χ3v) is 4.12. The van der Waals surface area contributed by atoms with Crippen LogP contribution in [0.25, 0.3) is 0 Å². The number of methoxy groups -OCH3 is 1. The van der Waals surface area contributed by atoms with Crippen molar-refractivity contribution in [2.75, 3.05) is 53.7 Å². The molecule has 0 fully saturated rings. The van der Waals surface area contributed by atoms with E-state index in [1.807, 2.05) is 0 Å². The van der Waals surface area contributed by atoms with E-state index in [0.717, 1.165) is 63.7 Å². The van der Waals surface area contributed by atoms with Crippen LogP contribution in [-0.2, 0) is 22.3 Å². The topological polar surface area (TPSA) is 64.1 Å². The molecule has 1 aromatic carbocycles. The predicted molar refractivity (Wildman–Crippen MR) is 116 cm³/mol. The van der Waals surface area contributed by atoms with Crippen LogP contribution >= 0.6 is 24.0 Å². The molecule has 26 heavy (non-hydrogen) atoms. The number of nitrogens with one attached hydrogen (secondary N) is 2. The number of unbranched alkanes of at least 4 members (excludes halogenated alkanes) is 1. The predicted octanol–water partition coefficient (Wildman–Crippen LogP) is 2.39. The largest absolute Gasteiger partial charge is 0.493 e. The average molecular weight is 477 g/mol. The highest BCUT2D eigenvalue weighted by atomic mass is 127. The fraction of sp³-hybridized carbons (Fsp3) is 0.632. The molecule has 2 N–H and O–H groups in total. The lowest BCUT2D eigenvalue weighted by Gasteiger charge is -2.12. The van der Waals surface area contributed by atoms with E-state index in [-0.39, 0.29) is 24.0 Å². The van der Waals surface area contributed by atoms with Crippen LogP contribution < -0.4 is 15.4 Å². The molecule has 1 aromatic rings. The molecule has 1 aliphatic rings. The number of fused-ring (bicyclic) bond motifs is 1. The monoisotopic (exact) mass is 477 g/mol. The van der Waals surface area contributed by atoms with Crippen LogP contribution in [0.5, 0.6) is 5.75 Å². The van der Waals surface area contributed by atoms with Crippen molar-refractivity contribution >= 4 is 29.9 Å². The van der Waals surface area contributed by atoms with E-state index in [1.165, 1.54) is 11.1 Å². The van der Waals surface area contributed by atoms with Gasteiger partial charge in [0, 0.05) is 40.3 Å². The Morgan fingerprint density at radius 1 is 1.15 bits per heavy atom. The van der Waals surface area contributed by atoms with Gasteiger partial charge in [-0.1, -0.05) is 12.1 Å². The van der Waals surface area contributed by atoms with Crippen molar-refractivity contribution in [1.29, 1.82) is 0 Å². The first-order valence-corrected chi connectivity index (χ1v) is 9.09. The Morgan fingerprint density at radius 2 is 2.00 bits per heavy atom. The van der Waals surface area contributed by atoms with Crippen LogP contribution in [0.2, 0.25) is 0 Å². The van der Waals surface area contributed by atoms with Crippen LogP contribution in [0.15, 0.2) is 23.2 Å². The van der Waals surface area contributed by atoms with E-state index in [9.17, 15) is 0 Å². The number of hydrogen-bond donors (Lipinski definition) is 2. The first-order valence-electron chi connectivity index (χ1n) is 9.09. The molecular weight excluding hydrogens is 445 g/mol. The maximum absolute atomic E-state index is 5.55. The number of ether oxygens (including phenoxy) is 3. The number of guanidine groups is 1. The molecule has 1 aliphatic heterocycles. The summed E-state index contributed by atoms with van der Waals surface area (Å²) in [6.45, 7) is 4.67. The highest BCUT2D eigenvalue weighted by Crippen LogP contribution is 2.25. The van der Waals surface area contributed by atoms with Gasteiger partial charge in [0.05, 0.1) is 19.8 Å². The third-order valence-electron chi connectivity index (χ3n) is 4.12. The molecule has 0 saturated carbocycles. The highest BCUT2D eigenvalue weighted by molar-refractivity contribution is 14.0. The summed E-state index contributed by atoms with van der Waals surface area (Å²) in [5, 5.41) is 6.70. The molecule has 7 heteroatoms. The van der Waals surface area contributed by atoms with Gasteiger partial charge in [-0.25, -0.2) is 0 Å². The molecule has 0 spiro atoms. The van der Waals surface area contributed by atoms with Crippen molar-refractivity contribution in [3.8, 4) is 5.75 Å². The highest BCUT2D eigenvalue weighted by Gasteiger charge is 2.11. The number of rotatable bonds is 11. The van der Waals surface area contributed by atoms with Crippen LogP contribution in [0.3, 0.4) is 0 Å². The summed E-state index contributed by atoms with van der Waals surface area (Å²) in [5.74, 6) is 1.89. The fourth-order valence-electron chi connectivity index (χ4n) is 2.72. The van der Waals surface area contributed by atoms with Gasteiger partial charge in [-0.3, -0.25) is 4.99 Å². The van der Waals surface area contributed by atoms with E-state index in [1.54, 1.807) is 14.2 Å². The summed E-state index contributed by atoms with van der Waals surface area (Å²) in [5.41, 5.74) is 2.66. The standard InChI is InChI=1S/C19H31N3O3.HI/c1-20-19(21-9-3-4-11-24-14-13-23-2)22-10-7-16-5-6-18-17(15-16)8-12-25-18;/h5-6,15H,3-4,7-14H2,1-2H3,(H2,20,21,22);1H. The molecule has 6 nitrogen and oxygen atoms in total. The molecule has 0 saturated heterocycles. The molecule has 0 atom stereocenters. The second kappa shape index (κ2) is 14.1. The Labute approximate surface area is 174 Å². The lowest BCUT2D eigenvalue weighted by Crippen LogP contribution is -2.38. The van der Waals surface area contributed by atoms with E-state index < -0.39 is 0 Å².